The van der Waals surface area contributed by atoms with Crippen molar-refractivity contribution in [3.05, 3.63) is 75.5 Å². The van der Waals surface area contributed by atoms with E-state index in [0.717, 1.165) is 11.1 Å². The number of anilines is 2. The summed E-state index contributed by atoms with van der Waals surface area (Å²) in [4.78, 5) is 25.3. The minimum atomic E-state index is -0.569. The van der Waals surface area contributed by atoms with Crippen molar-refractivity contribution in [2.45, 2.75) is 33.2 Å². The molecule has 1 aromatic heterocycles. The normalized spacial score (nSPS) is 11.8. The fourth-order valence-electron chi connectivity index (χ4n) is 2.89. The summed E-state index contributed by atoms with van der Waals surface area (Å²) in [6.07, 6.45) is 2.12. The Labute approximate surface area is 185 Å². The predicted octanol–water partition coefficient (Wildman–Crippen LogP) is 5.65. The summed E-state index contributed by atoms with van der Waals surface area (Å²) in [5.74, 6) is -0.618. The molecule has 6 nitrogen and oxygen atoms in total. The van der Waals surface area contributed by atoms with Crippen LogP contribution in [-0.2, 0) is 4.79 Å². The molecule has 0 radical (unpaired) electrons. The fourth-order valence-corrected chi connectivity index (χ4v) is 3.25. The van der Waals surface area contributed by atoms with Crippen LogP contribution in [0, 0.1) is 13.8 Å². The lowest BCUT2D eigenvalue weighted by Gasteiger charge is -2.16. The van der Waals surface area contributed by atoms with Crippen molar-refractivity contribution in [2.75, 3.05) is 10.6 Å². The van der Waals surface area contributed by atoms with Gasteiger partial charge in [-0.2, -0.15) is 5.10 Å². The maximum absolute atomic E-state index is 12.7. The van der Waals surface area contributed by atoms with E-state index < -0.39 is 6.04 Å². The summed E-state index contributed by atoms with van der Waals surface area (Å²) in [6.45, 7) is 5.65. The lowest BCUT2D eigenvalue weighted by atomic mass is 10.2. The van der Waals surface area contributed by atoms with Crippen LogP contribution in [0.1, 0.15) is 41.0 Å². The molecule has 3 rings (SSSR count). The Bertz CT molecular complexity index is 1090. The second-order valence-electron chi connectivity index (χ2n) is 6.98. The summed E-state index contributed by atoms with van der Waals surface area (Å²) in [7, 11) is 0. The minimum absolute atomic E-state index is 0.205. The predicted molar refractivity (Wildman–Crippen MR) is 121 cm³/mol. The quantitative estimate of drug-likeness (QED) is 0.515. The van der Waals surface area contributed by atoms with Crippen LogP contribution < -0.4 is 10.6 Å². The van der Waals surface area contributed by atoms with E-state index >= 15 is 0 Å². The fraction of sp³-hybridized carbons (Fsp3) is 0.227. The molecule has 0 aliphatic carbocycles. The molecule has 0 spiro atoms. The molecule has 0 aliphatic heterocycles. The number of carbonyl (C=O) groups excluding carboxylic acids is 2. The van der Waals surface area contributed by atoms with Crippen LogP contribution >= 0.6 is 23.2 Å². The number of nitrogens with zero attached hydrogens (tertiary/aromatic N) is 2. The first kappa shape index (κ1) is 21.9. The van der Waals surface area contributed by atoms with Gasteiger partial charge in [-0.15, -0.1) is 0 Å². The molecule has 0 bridgehead atoms. The highest BCUT2D eigenvalue weighted by Crippen LogP contribution is 2.23. The zero-order valence-electron chi connectivity index (χ0n) is 16.9. The van der Waals surface area contributed by atoms with E-state index in [1.165, 1.54) is 4.68 Å². The van der Waals surface area contributed by atoms with Gasteiger partial charge in [0, 0.05) is 27.6 Å². The molecule has 0 aliphatic rings. The number of benzene rings is 2. The number of nitrogens with one attached hydrogen (secondary N) is 2. The Morgan fingerprint density at radius 2 is 1.53 bits per heavy atom. The van der Waals surface area contributed by atoms with Gasteiger partial charge in [-0.3, -0.25) is 14.3 Å². The van der Waals surface area contributed by atoms with E-state index in [1.807, 2.05) is 32.9 Å². The van der Waals surface area contributed by atoms with Gasteiger partial charge in [0.05, 0.1) is 0 Å². The van der Waals surface area contributed by atoms with Crippen LogP contribution in [0.2, 0.25) is 10.0 Å². The zero-order chi connectivity index (χ0) is 21.8. The second kappa shape index (κ2) is 9.32. The van der Waals surface area contributed by atoms with E-state index in [1.54, 1.807) is 36.5 Å². The van der Waals surface area contributed by atoms with Gasteiger partial charge in [0.1, 0.15) is 6.04 Å². The van der Waals surface area contributed by atoms with E-state index in [-0.39, 0.29) is 17.5 Å². The van der Waals surface area contributed by atoms with Gasteiger partial charge in [-0.25, -0.2) is 0 Å². The van der Waals surface area contributed by atoms with Crippen molar-refractivity contribution in [1.29, 1.82) is 0 Å². The van der Waals surface area contributed by atoms with Crippen molar-refractivity contribution in [3.8, 4) is 0 Å². The van der Waals surface area contributed by atoms with E-state index in [4.69, 9.17) is 23.2 Å². The largest absolute Gasteiger partial charge is 0.324 e. The molecule has 1 atom stereocenters. The van der Waals surface area contributed by atoms with Crippen LogP contribution in [0.4, 0.5) is 11.4 Å². The second-order valence-corrected chi connectivity index (χ2v) is 7.79. The molecule has 8 heteroatoms. The van der Waals surface area contributed by atoms with E-state index in [2.05, 4.69) is 15.7 Å². The van der Waals surface area contributed by atoms with Gasteiger partial charge in [0.15, 0.2) is 5.69 Å². The topological polar surface area (TPSA) is 76.0 Å². The molecular formula is C22H22Cl2N4O2. The molecule has 0 unspecified atom stereocenters. The SMILES string of the molecule is CC[C@@H](C(=O)Nc1ccc(C)c(Cl)c1)n1ccc(C(=O)Nc2ccc(C)c(Cl)c2)n1. The number of amides is 2. The third-order valence-corrected chi connectivity index (χ3v) is 5.53. The number of halogens is 2. The number of aryl methyl sites for hydroxylation is 2. The van der Waals surface area contributed by atoms with Crippen molar-refractivity contribution in [3.63, 3.8) is 0 Å². The molecule has 0 saturated carbocycles. The van der Waals surface area contributed by atoms with Crippen molar-refractivity contribution < 1.29 is 9.59 Å². The number of carbonyl (C=O) groups is 2. The molecule has 0 fully saturated rings. The molecule has 2 aromatic carbocycles. The van der Waals surface area contributed by atoms with E-state index in [9.17, 15) is 9.59 Å². The number of rotatable bonds is 6. The third kappa shape index (κ3) is 5.01. The highest BCUT2D eigenvalue weighted by molar-refractivity contribution is 6.32. The maximum atomic E-state index is 12.7. The molecular weight excluding hydrogens is 423 g/mol. The first-order valence-corrected chi connectivity index (χ1v) is 10.2. The van der Waals surface area contributed by atoms with Gasteiger partial charge < -0.3 is 10.6 Å². The lowest BCUT2D eigenvalue weighted by molar-refractivity contribution is -0.119. The van der Waals surface area contributed by atoms with Crippen molar-refractivity contribution in [1.82, 2.24) is 9.78 Å². The monoisotopic (exact) mass is 444 g/mol. The number of hydrogen-bond donors (Lipinski definition) is 2. The molecule has 2 amide bonds. The highest BCUT2D eigenvalue weighted by atomic mass is 35.5. The van der Waals surface area contributed by atoms with Crippen molar-refractivity contribution >= 4 is 46.4 Å². The summed E-state index contributed by atoms with van der Waals surface area (Å²) in [6, 6.07) is 11.6. The average molecular weight is 445 g/mol. The third-order valence-electron chi connectivity index (χ3n) is 4.72. The van der Waals surface area contributed by atoms with Crippen LogP contribution in [0.15, 0.2) is 48.7 Å². The zero-order valence-corrected chi connectivity index (χ0v) is 18.4. The highest BCUT2D eigenvalue weighted by Gasteiger charge is 2.21. The standard InChI is InChI=1S/C22H22Cl2N4O2/c1-4-20(22(30)26-16-8-6-14(3)18(24)12-16)28-10-9-19(27-28)21(29)25-15-7-5-13(2)17(23)11-15/h5-12,20H,4H2,1-3H3,(H,25,29)(H,26,30)/t20-/m0/s1. The molecule has 2 N–H and O–H groups in total. The first-order chi connectivity index (χ1) is 14.3. The van der Waals surface area contributed by atoms with Crippen LogP contribution in [0.3, 0.4) is 0 Å². The smallest absolute Gasteiger partial charge is 0.276 e. The van der Waals surface area contributed by atoms with E-state index in [0.29, 0.717) is 27.8 Å². The summed E-state index contributed by atoms with van der Waals surface area (Å²) < 4.78 is 1.49. The summed E-state index contributed by atoms with van der Waals surface area (Å²) in [5.41, 5.74) is 3.24. The first-order valence-electron chi connectivity index (χ1n) is 9.48. The molecule has 3 aromatic rings. The van der Waals surface area contributed by atoms with Gasteiger partial charge in [0.2, 0.25) is 5.91 Å². The molecule has 0 saturated heterocycles. The molecule has 30 heavy (non-hydrogen) atoms. The molecule has 1 heterocycles. The van der Waals surface area contributed by atoms with Gasteiger partial charge >= 0.3 is 0 Å². The Kier molecular flexibility index (Phi) is 6.80. The van der Waals surface area contributed by atoms with Gasteiger partial charge in [-0.1, -0.05) is 42.3 Å². The lowest BCUT2D eigenvalue weighted by Crippen LogP contribution is -2.26. The minimum Gasteiger partial charge on any atom is -0.324 e. The average Bonchev–Trinajstić information content (AvgIpc) is 3.18. The number of hydrogen-bond acceptors (Lipinski definition) is 3. The van der Waals surface area contributed by atoms with Gasteiger partial charge in [-0.05, 0) is 61.7 Å². The Morgan fingerprint density at radius 1 is 0.967 bits per heavy atom. The van der Waals surface area contributed by atoms with Crippen LogP contribution in [0.5, 0.6) is 0 Å². The summed E-state index contributed by atoms with van der Waals surface area (Å²) in [5, 5.41) is 11.1. The van der Waals surface area contributed by atoms with Crippen LogP contribution in [0.25, 0.3) is 0 Å². The Morgan fingerprint density at radius 3 is 2.07 bits per heavy atom. The van der Waals surface area contributed by atoms with Gasteiger partial charge in [0.25, 0.3) is 5.91 Å². The Balaban J connectivity index is 1.71. The number of aromatic nitrogens is 2. The summed E-state index contributed by atoms with van der Waals surface area (Å²) >= 11 is 12.2. The van der Waals surface area contributed by atoms with Crippen LogP contribution in [-0.4, -0.2) is 21.6 Å². The van der Waals surface area contributed by atoms with Crippen molar-refractivity contribution in [2.24, 2.45) is 0 Å². The maximum Gasteiger partial charge on any atom is 0.276 e. The Hall–Kier alpha value is -2.83. The molecule has 156 valence electrons.